The maximum absolute atomic E-state index is 13.7. The molecular weight excluding hydrogens is 371 g/mol. The van der Waals surface area contributed by atoms with E-state index in [1.165, 1.54) is 11.0 Å². The topological polar surface area (TPSA) is 119 Å². The Hall–Kier alpha value is -3.14. The fourth-order valence-corrected chi connectivity index (χ4v) is 3.38. The second kappa shape index (κ2) is 8.26. The highest BCUT2D eigenvalue weighted by atomic mass is 19.1. The number of nitro groups is 2. The van der Waals surface area contributed by atoms with E-state index in [2.05, 4.69) is 5.32 Å². The van der Waals surface area contributed by atoms with Crippen LogP contribution in [-0.4, -0.2) is 45.8 Å². The molecule has 9 nitrogen and oxygen atoms in total. The Morgan fingerprint density at radius 2 is 2.04 bits per heavy atom. The van der Waals surface area contributed by atoms with Gasteiger partial charge < -0.3 is 10.2 Å². The molecule has 1 saturated heterocycles. The molecule has 1 aromatic rings. The van der Waals surface area contributed by atoms with Crippen molar-refractivity contribution in [1.29, 1.82) is 0 Å². The summed E-state index contributed by atoms with van der Waals surface area (Å²) in [5, 5.41) is 25.3. The Morgan fingerprint density at radius 3 is 2.71 bits per heavy atom. The number of nitrogens with one attached hydrogen (secondary N) is 1. The van der Waals surface area contributed by atoms with Crippen molar-refractivity contribution in [2.24, 2.45) is 0 Å². The number of likely N-dealkylation sites (tertiary alicyclic amines) is 1. The standard InChI is InChI=1S/C18H19FN4O5/c19-17-4-2-1-3-12(17)10-20-14-5-6-21(11-14)18(24)13-7-15(22(25)26)9-16(8-13)23(27)28/h1-4,7,9,14,16,20H,5-6,8,10-11H2/t14-,16?/m1/s1. The summed E-state index contributed by atoms with van der Waals surface area (Å²) in [6.07, 6.45) is 2.54. The summed E-state index contributed by atoms with van der Waals surface area (Å²) in [7, 11) is 0. The first-order valence-corrected chi connectivity index (χ1v) is 8.81. The van der Waals surface area contributed by atoms with Crippen LogP contribution in [0.4, 0.5) is 4.39 Å². The predicted octanol–water partition coefficient (Wildman–Crippen LogP) is 1.65. The van der Waals surface area contributed by atoms with Gasteiger partial charge in [-0.25, -0.2) is 4.39 Å². The minimum absolute atomic E-state index is 0.0513. The average molecular weight is 390 g/mol. The number of nitrogens with zero attached hydrogens (tertiary/aromatic N) is 3. The van der Waals surface area contributed by atoms with Crippen molar-refractivity contribution >= 4 is 5.91 Å². The van der Waals surface area contributed by atoms with E-state index in [1.54, 1.807) is 18.2 Å². The van der Waals surface area contributed by atoms with E-state index in [0.717, 1.165) is 12.2 Å². The van der Waals surface area contributed by atoms with Crippen LogP contribution < -0.4 is 5.32 Å². The first-order chi connectivity index (χ1) is 13.3. The number of allylic oxidation sites excluding steroid dienone is 1. The molecule has 1 heterocycles. The molecule has 1 aliphatic heterocycles. The number of hydrogen-bond donors (Lipinski definition) is 1. The molecule has 1 fully saturated rings. The molecule has 10 heteroatoms. The zero-order chi connectivity index (χ0) is 20.3. The van der Waals surface area contributed by atoms with E-state index in [9.17, 15) is 29.4 Å². The molecule has 1 aromatic carbocycles. The van der Waals surface area contributed by atoms with Crippen molar-refractivity contribution in [3.63, 3.8) is 0 Å². The van der Waals surface area contributed by atoms with Gasteiger partial charge >= 0.3 is 0 Å². The van der Waals surface area contributed by atoms with Crippen LogP contribution in [0.2, 0.25) is 0 Å². The summed E-state index contributed by atoms with van der Waals surface area (Å²) < 4.78 is 13.7. The monoisotopic (exact) mass is 390 g/mol. The summed E-state index contributed by atoms with van der Waals surface area (Å²) in [6.45, 7) is 1.09. The molecule has 3 rings (SSSR count). The Balaban J connectivity index is 1.62. The SMILES string of the molecule is O=C(C1=CC([N+](=O)[O-])=CC([N+](=O)[O-])C1)N1CC[C@@H](NCc2ccccc2F)C1. The molecule has 1 N–H and O–H groups in total. The molecule has 1 amide bonds. The van der Waals surface area contributed by atoms with Crippen LogP contribution in [0.1, 0.15) is 18.4 Å². The third-order valence-electron chi connectivity index (χ3n) is 4.89. The van der Waals surface area contributed by atoms with E-state index >= 15 is 0 Å². The zero-order valence-electron chi connectivity index (χ0n) is 14.9. The molecular formula is C18H19FN4O5. The lowest BCUT2D eigenvalue weighted by molar-refractivity contribution is -0.511. The van der Waals surface area contributed by atoms with Gasteiger partial charge in [0.15, 0.2) is 0 Å². The van der Waals surface area contributed by atoms with Crippen molar-refractivity contribution in [3.8, 4) is 0 Å². The highest BCUT2D eigenvalue weighted by Gasteiger charge is 2.35. The molecule has 0 saturated carbocycles. The minimum Gasteiger partial charge on any atom is -0.337 e. The van der Waals surface area contributed by atoms with E-state index in [4.69, 9.17) is 0 Å². The van der Waals surface area contributed by atoms with E-state index < -0.39 is 27.5 Å². The Kier molecular flexibility index (Phi) is 5.78. The molecule has 1 aliphatic carbocycles. The number of carbonyl (C=O) groups is 1. The molecule has 0 radical (unpaired) electrons. The van der Waals surface area contributed by atoms with Gasteiger partial charge in [-0.05, 0) is 12.5 Å². The number of amides is 1. The van der Waals surface area contributed by atoms with Crippen molar-refractivity contribution in [3.05, 3.63) is 79.3 Å². The second-order valence-corrected chi connectivity index (χ2v) is 6.78. The van der Waals surface area contributed by atoms with Crippen molar-refractivity contribution in [2.75, 3.05) is 13.1 Å². The van der Waals surface area contributed by atoms with Crippen molar-refractivity contribution in [1.82, 2.24) is 10.2 Å². The van der Waals surface area contributed by atoms with E-state index in [-0.39, 0.29) is 23.9 Å². The van der Waals surface area contributed by atoms with Crippen LogP contribution in [0.15, 0.2) is 47.7 Å². The lowest BCUT2D eigenvalue weighted by Gasteiger charge is -2.20. The second-order valence-electron chi connectivity index (χ2n) is 6.78. The fraction of sp³-hybridized carbons (Fsp3) is 0.389. The van der Waals surface area contributed by atoms with Gasteiger partial charge in [0.05, 0.1) is 17.4 Å². The van der Waals surface area contributed by atoms with Gasteiger partial charge in [-0.1, -0.05) is 18.2 Å². The lowest BCUT2D eigenvalue weighted by Crippen LogP contribution is -2.37. The molecule has 0 bridgehead atoms. The van der Waals surface area contributed by atoms with Gasteiger partial charge in [0.2, 0.25) is 11.9 Å². The van der Waals surface area contributed by atoms with Crippen molar-refractivity contribution in [2.45, 2.75) is 31.5 Å². The van der Waals surface area contributed by atoms with Crippen LogP contribution in [0, 0.1) is 26.0 Å². The molecule has 0 aromatic heterocycles. The molecule has 28 heavy (non-hydrogen) atoms. The fourth-order valence-electron chi connectivity index (χ4n) is 3.38. The largest absolute Gasteiger partial charge is 0.337 e. The lowest BCUT2D eigenvalue weighted by atomic mass is 9.98. The van der Waals surface area contributed by atoms with Crippen LogP contribution in [0.5, 0.6) is 0 Å². The first-order valence-electron chi connectivity index (χ1n) is 8.81. The maximum Gasteiger partial charge on any atom is 0.272 e. The van der Waals surface area contributed by atoms with E-state index in [0.29, 0.717) is 31.6 Å². The Labute approximate surface area is 159 Å². The quantitative estimate of drug-likeness (QED) is 0.583. The van der Waals surface area contributed by atoms with Gasteiger partial charge in [-0.15, -0.1) is 0 Å². The normalized spacial score (nSPS) is 21.8. The third-order valence-corrected chi connectivity index (χ3v) is 4.89. The summed E-state index contributed by atoms with van der Waals surface area (Å²) in [6, 6.07) is 5.07. The van der Waals surface area contributed by atoms with Gasteiger partial charge in [-0.2, -0.15) is 0 Å². The summed E-state index contributed by atoms with van der Waals surface area (Å²) in [5.74, 6) is -0.743. The Morgan fingerprint density at radius 1 is 1.29 bits per heavy atom. The number of rotatable bonds is 6. The summed E-state index contributed by atoms with van der Waals surface area (Å²) in [5.41, 5.74) is 0.146. The number of benzene rings is 1. The van der Waals surface area contributed by atoms with Crippen LogP contribution in [-0.2, 0) is 11.3 Å². The number of halogens is 1. The maximum atomic E-state index is 13.7. The predicted molar refractivity (Wildman–Crippen MR) is 96.8 cm³/mol. The third kappa shape index (κ3) is 4.39. The average Bonchev–Trinajstić information content (AvgIpc) is 3.15. The highest BCUT2D eigenvalue weighted by molar-refractivity contribution is 5.94. The van der Waals surface area contributed by atoms with Gasteiger partial charge in [-0.3, -0.25) is 25.0 Å². The minimum atomic E-state index is -1.29. The molecule has 2 aliphatic rings. The highest BCUT2D eigenvalue weighted by Crippen LogP contribution is 2.24. The number of hydrogen-bond acceptors (Lipinski definition) is 6. The molecule has 2 atom stereocenters. The number of carbonyl (C=O) groups excluding carboxylic acids is 1. The molecule has 0 spiro atoms. The van der Waals surface area contributed by atoms with E-state index in [1.807, 2.05) is 0 Å². The molecule has 148 valence electrons. The van der Waals surface area contributed by atoms with Gasteiger partial charge in [0.25, 0.3) is 5.70 Å². The van der Waals surface area contributed by atoms with Gasteiger partial charge in [0, 0.05) is 47.8 Å². The summed E-state index contributed by atoms with van der Waals surface area (Å²) >= 11 is 0. The van der Waals surface area contributed by atoms with Crippen LogP contribution >= 0.6 is 0 Å². The van der Waals surface area contributed by atoms with Crippen LogP contribution in [0.25, 0.3) is 0 Å². The smallest absolute Gasteiger partial charge is 0.272 e. The Bertz CT molecular complexity index is 869. The molecule has 1 unspecified atom stereocenters. The van der Waals surface area contributed by atoms with Crippen LogP contribution in [0.3, 0.4) is 0 Å². The summed E-state index contributed by atoms with van der Waals surface area (Å²) in [4.78, 5) is 34.9. The first kappa shape index (κ1) is 19.6. The zero-order valence-corrected chi connectivity index (χ0v) is 14.9. The van der Waals surface area contributed by atoms with Gasteiger partial charge in [0.1, 0.15) is 5.82 Å². The van der Waals surface area contributed by atoms with Crippen molar-refractivity contribution < 1.29 is 19.0 Å².